The van der Waals surface area contributed by atoms with Crippen LogP contribution in [0.15, 0.2) is 42.5 Å². The van der Waals surface area contributed by atoms with E-state index in [1.165, 1.54) is 32.4 Å². The summed E-state index contributed by atoms with van der Waals surface area (Å²) < 4.78 is 23.9. The molecule has 6 nitrogen and oxygen atoms in total. The van der Waals surface area contributed by atoms with Gasteiger partial charge >= 0.3 is 0 Å². The summed E-state index contributed by atoms with van der Waals surface area (Å²) in [6.45, 7) is 3.13. The molecule has 1 aliphatic rings. The molecule has 3 rings (SSSR count). The van der Waals surface area contributed by atoms with Gasteiger partial charge in [-0.1, -0.05) is 12.1 Å². The van der Waals surface area contributed by atoms with E-state index < -0.39 is 5.91 Å². The van der Waals surface area contributed by atoms with Crippen LogP contribution >= 0.6 is 0 Å². The smallest absolute Gasteiger partial charge is 0.256 e. The number of nitrogens with one attached hydrogen (secondary N) is 1. The molecule has 0 spiro atoms. The fourth-order valence-electron chi connectivity index (χ4n) is 3.59. The van der Waals surface area contributed by atoms with E-state index in [-0.39, 0.29) is 11.7 Å². The molecule has 31 heavy (non-hydrogen) atoms. The van der Waals surface area contributed by atoms with Crippen LogP contribution < -0.4 is 14.8 Å². The highest BCUT2D eigenvalue weighted by atomic mass is 19.1. The molecule has 1 heterocycles. The monoisotopic (exact) mass is 426 g/mol. The Labute approximate surface area is 181 Å². The average Bonchev–Trinajstić information content (AvgIpc) is 2.79. The van der Waals surface area contributed by atoms with Gasteiger partial charge in [-0.05, 0) is 55.5 Å². The van der Waals surface area contributed by atoms with Crippen LogP contribution in [0.3, 0.4) is 0 Å². The van der Waals surface area contributed by atoms with Gasteiger partial charge in [0.15, 0.2) is 11.5 Å². The van der Waals surface area contributed by atoms with E-state index in [1.807, 2.05) is 0 Å². The summed E-state index contributed by atoms with van der Waals surface area (Å²) in [6.07, 6.45) is 4.44. The molecule has 0 radical (unpaired) electrons. The third kappa shape index (κ3) is 5.42. The van der Waals surface area contributed by atoms with Crippen LogP contribution in [0.1, 0.15) is 42.1 Å². The topological polar surface area (TPSA) is 67.9 Å². The fraction of sp³-hybridized carbons (Fsp3) is 0.333. The number of hydrogen-bond acceptors (Lipinski definition) is 4. The zero-order chi connectivity index (χ0) is 22.4. The predicted molar refractivity (Wildman–Crippen MR) is 118 cm³/mol. The summed E-state index contributed by atoms with van der Waals surface area (Å²) in [5.74, 6) is -0.0738. The van der Waals surface area contributed by atoms with Crippen molar-refractivity contribution in [3.05, 3.63) is 59.4 Å². The van der Waals surface area contributed by atoms with Crippen molar-refractivity contribution in [2.45, 2.75) is 26.2 Å². The van der Waals surface area contributed by atoms with Gasteiger partial charge in [0.05, 0.1) is 25.5 Å². The van der Waals surface area contributed by atoms with Gasteiger partial charge in [0, 0.05) is 25.2 Å². The molecule has 2 amide bonds. The van der Waals surface area contributed by atoms with Crippen LogP contribution in [0.5, 0.6) is 11.5 Å². The minimum atomic E-state index is -0.401. The Morgan fingerprint density at radius 1 is 1.00 bits per heavy atom. The third-order valence-electron chi connectivity index (χ3n) is 5.30. The maximum atomic E-state index is 13.2. The van der Waals surface area contributed by atoms with Crippen molar-refractivity contribution in [1.29, 1.82) is 0 Å². The Kier molecular flexibility index (Phi) is 7.28. The molecule has 1 aliphatic heterocycles. The van der Waals surface area contributed by atoms with Crippen LogP contribution in [-0.4, -0.2) is 44.0 Å². The molecular weight excluding hydrogens is 399 g/mol. The number of halogens is 1. The first-order valence-electron chi connectivity index (χ1n) is 10.2. The van der Waals surface area contributed by atoms with E-state index >= 15 is 0 Å². The van der Waals surface area contributed by atoms with E-state index in [9.17, 15) is 14.0 Å². The van der Waals surface area contributed by atoms with Crippen molar-refractivity contribution in [2.75, 3.05) is 32.6 Å². The van der Waals surface area contributed by atoms with Gasteiger partial charge in [-0.25, -0.2) is 4.39 Å². The summed E-state index contributed by atoms with van der Waals surface area (Å²) in [5.41, 5.74) is 2.09. The summed E-state index contributed by atoms with van der Waals surface area (Å²) in [5, 5.41) is 2.80. The molecule has 1 saturated heterocycles. The first-order valence-corrected chi connectivity index (χ1v) is 10.2. The Morgan fingerprint density at radius 2 is 1.61 bits per heavy atom. The number of allylic oxidation sites excluding steroid dienone is 1. The van der Waals surface area contributed by atoms with Crippen molar-refractivity contribution in [2.24, 2.45) is 0 Å². The zero-order valence-electron chi connectivity index (χ0n) is 18.0. The van der Waals surface area contributed by atoms with Gasteiger partial charge in [0.1, 0.15) is 5.82 Å². The maximum absolute atomic E-state index is 13.2. The molecule has 0 aliphatic carbocycles. The molecule has 2 aromatic carbocycles. The van der Waals surface area contributed by atoms with E-state index in [2.05, 4.69) is 5.32 Å². The number of piperidine rings is 1. The van der Waals surface area contributed by atoms with E-state index in [4.69, 9.17) is 9.47 Å². The van der Waals surface area contributed by atoms with E-state index in [0.717, 1.165) is 24.8 Å². The Bertz CT molecular complexity index is 980. The van der Waals surface area contributed by atoms with Crippen molar-refractivity contribution in [1.82, 2.24) is 4.90 Å². The van der Waals surface area contributed by atoms with Crippen molar-refractivity contribution >= 4 is 23.1 Å². The lowest BCUT2D eigenvalue weighted by Gasteiger charge is -2.28. The van der Waals surface area contributed by atoms with E-state index in [0.29, 0.717) is 41.4 Å². The van der Waals surface area contributed by atoms with Crippen molar-refractivity contribution in [3.8, 4) is 11.5 Å². The molecule has 1 fully saturated rings. The zero-order valence-corrected chi connectivity index (χ0v) is 18.0. The minimum absolute atomic E-state index is 0.157. The van der Waals surface area contributed by atoms with Crippen LogP contribution in [0, 0.1) is 5.82 Å². The molecule has 0 bridgehead atoms. The van der Waals surface area contributed by atoms with Crippen LogP contribution in [-0.2, 0) is 4.79 Å². The summed E-state index contributed by atoms with van der Waals surface area (Å²) in [7, 11) is 2.99. The number of carbonyl (C=O) groups is 2. The first-order chi connectivity index (χ1) is 14.9. The highest BCUT2D eigenvalue weighted by molar-refractivity contribution is 6.09. The fourth-order valence-corrected chi connectivity index (χ4v) is 3.59. The number of anilines is 1. The summed E-state index contributed by atoms with van der Waals surface area (Å²) >= 11 is 0. The first kappa shape index (κ1) is 22.3. The van der Waals surface area contributed by atoms with Crippen LogP contribution in [0.4, 0.5) is 10.1 Å². The van der Waals surface area contributed by atoms with E-state index in [1.54, 1.807) is 36.1 Å². The standard InChI is InChI=1S/C24H27FN2O4/c1-16(17-7-9-18(25)10-8-17)13-23(28)26-20-15-22(31-3)21(30-2)14-19(20)24(29)27-11-5-4-6-12-27/h7-10,13-15H,4-6,11-12H2,1-3H3,(H,26,28)/b16-13-. The Hall–Kier alpha value is -3.35. The number of likely N-dealkylation sites (tertiary alicyclic amines) is 1. The number of carbonyl (C=O) groups excluding carboxylic acids is 2. The van der Waals surface area contributed by atoms with Crippen molar-refractivity contribution < 1.29 is 23.5 Å². The number of nitrogens with zero attached hydrogens (tertiary/aromatic N) is 1. The lowest BCUT2D eigenvalue weighted by Crippen LogP contribution is -2.36. The maximum Gasteiger partial charge on any atom is 0.256 e. The number of amides is 2. The second-order valence-corrected chi connectivity index (χ2v) is 7.43. The van der Waals surface area contributed by atoms with Gasteiger partial charge in [-0.3, -0.25) is 9.59 Å². The number of rotatable bonds is 6. The van der Waals surface area contributed by atoms with Gasteiger partial charge in [0.2, 0.25) is 5.91 Å². The largest absolute Gasteiger partial charge is 0.493 e. The minimum Gasteiger partial charge on any atom is -0.493 e. The molecule has 7 heteroatoms. The summed E-state index contributed by atoms with van der Waals surface area (Å²) in [4.78, 5) is 27.7. The number of ether oxygens (including phenoxy) is 2. The SMILES string of the molecule is COc1cc(NC(=O)/C=C(/C)c2ccc(F)cc2)c(C(=O)N2CCCCC2)cc1OC. The van der Waals surface area contributed by atoms with Gasteiger partial charge in [-0.2, -0.15) is 0 Å². The molecule has 164 valence electrons. The molecule has 0 atom stereocenters. The molecule has 1 N–H and O–H groups in total. The molecule has 0 saturated carbocycles. The molecule has 0 aromatic heterocycles. The highest BCUT2D eigenvalue weighted by Gasteiger charge is 2.24. The normalized spacial score (nSPS) is 14.2. The molecule has 0 unspecified atom stereocenters. The van der Waals surface area contributed by atoms with Gasteiger partial charge < -0.3 is 19.7 Å². The summed E-state index contributed by atoms with van der Waals surface area (Å²) in [6, 6.07) is 9.09. The lowest BCUT2D eigenvalue weighted by atomic mass is 10.1. The highest BCUT2D eigenvalue weighted by Crippen LogP contribution is 2.34. The Balaban J connectivity index is 1.90. The molecular formula is C24H27FN2O4. The van der Waals surface area contributed by atoms with Gasteiger partial charge in [-0.15, -0.1) is 0 Å². The molecule has 2 aromatic rings. The predicted octanol–water partition coefficient (Wildman–Crippen LogP) is 4.51. The van der Waals surface area contributed by atoms with Crippen LogP contribution in [0.2, 0.25) is 0 Å². The second-order valence-electron chi connectivity index (χ2n) is 7.43. The average molecular weight is 426 g/mol. The third-order valence-corrected chi connectivity index (χ3v) is 5.30. The van der Waals surface area contributed by atoms with Crippen molar-refractivity contribution in [3.63, 3.8) is 0 Å². The van der Waals surface area contributed by atoms with Crippen LogP contribution in [0.25, 0.3) is 5.57 Å². The lowest BCUT2D eigenvalue weighted by molar-refractivity contribution is -0.111. The quantitative estimate of drug-likeness (QED) is 0.690. The second kappa shape index (κ2) is 10.1. The number of benzene rings is 2. The number of methoxy groups -OCH3 is 2. The number of hydrogen-bond donors (Lipinski definition) is 1. The Morgan fingerprint density at radius 3 is 2.23 bits per heavy atom. The van der Waals surface area contributed by atoms with Gasteiger partial charge in [0.25, 0.3) is 5.91 Å².